The van der Waals surface area contributed by atoms with Crippen molar-refractivity contribution in [1.29, 1.82) is 0 Å². The number of hydrogen-bond acceptors (Lipinski definition) is 6. The van der Waals surface area contributed by atoms with Crippen LogP contribution in [0.1, 0.15) is 15.9 Å². The summed E-state index contributed by atoms with van der Waals surface area (Å²) in [6.07, 6.45) is 0.918. The lowest BCUT2D eigenvalue weighted by molar-refractivity contribution is -0.136. The topological polar surface area (TPSA) is 113 Å². The zero-order valence-corrected chi connectivity index (χ0v) is 13.1. The quantitative estimate of drug-likeness (QED) is 0.851. The Balaban J connectivity index is 2.09. The maximum atomic E-state index is 12.0. The fourth-order valence-electron chi connectivity index (χ4n) is 1.60. The number of aliphatic carboxylic acids is 1. The van der Waals surface area contributed by atoms with Crippen LogP contribution in [0.4, 0.5) is 5.13 Å². The number of rotatable bonds is 5. The molecule has 2 aromatic rings. The van der Waals surface area contributed by atoms with Gasteiger partial charge in [0, 0.05) is 17.2 Å². The van der Waals surface area contributed by atoms with Crippen LogP contribution in [0.2, 0.25) is 0 Å². The molecule has 0 unspecified atom stereocenters. The summed E-state index contributed by atoms with van der Waals surface area (Å²) in [5, 5.41) is 12.6. The molecule has 0 atom stereocenters. The summed E-state index contributed by atoms with van der Waals surface area (Å²) in [5.41, 5.74) is 0.905. The van der Waals surface area contributed by atoms with Crippen LogP contribution in [-0.2, 0) is 21.1 Å². The number of carboxylic acids is 1. The Bertz CT molecular complexity index is 809. The van der Waals surface area contributed by atoms with Gasteiger partial charge in [-0.2, -0.15) is 0 Å². The molecule has 1 amide bonds. The number of anilines is 1. The maximum absolute atomic E-state index is 12.0. The monoisotopic (exact) mass is 340 g/mol. The Hall–Kier alpha value is -2.26. The van der Waals surface area contributed by atoms with Gasteiger partial charge in [-0.05, 0) is 17.7 Å². The number of sulfone groups is 1. The number of carbonyl (C=O) groups excluding carboxylic acids is 1. The van der Waals surface area contributed by atoms with Gasteiger partial charge >= 0.3 is 5.97 Å². The van der Waals surface area contributed by atoms with Gasteiger partial charge in [0.2, 0.25) is 0 Å². The number of amides is 1. The van der Waals surface area contributed by atoms with Crippen molar-refractivity contribution in [2.24, 2.45) is 0 Å². The van der Waals surface area contributed by atoms with Crippen molar-refractivity contribution in [2.75, 3.05) is 11.6 Å². The lowest BCUT2D eigenvalue weighted by Gasteiger charge is -2.03. The molecule has 9 heteroatoms. The predicted molar refractivity (Wildman–Crippen MR) is 81.0 cm³/mol. The third kappa shape index (κ3) is 4.12. The molecule has 2 rings (SSSR count). The van der Waals surface area contributed by atoms with E-state index in [2.05, 4.69) is 10.3 Å². The fraction of sp³-hybridized carbons (Fsp3) is 0.154. The molecule has 0 aliphatic rings. The highest BCUT2D eigenvalue weighted by atomic mass is 32.2. The van der Waals surface area contributed by atoms with Crippen molar-refractivity contribution in [2.45, 2.75) is 11.4 Å². The van der Waals surface area contributed by atoms with Gasteiger partial charge in [0.05, 0.1) is 6.42 Å². The Kier molecular flexibility index (Phi) is 4.57. The number of aromatic nitrogens is 1. The molecule has 1 aromatic heterocycles. The van der Waals surface area contributed by atoms with Crippen LogP contribution in [-0.4, -0.2) is 36.6 Å². The SMILES string of the molecule is CS(=O)(=O)c1csc(NC(=O)c2ccc(CC(=O)O)cc2)n1. The molecular weight excluding hydrogens is 328 g/mol. The molecule has 116 valence electrons. The number of carboxylic acid groups (broad SMARTS) is 1. The first-order chi connectivity index (χ1) is 10.3. The van der Waals surface area contributed by atoms with Gasteiger partial charge < -0.3 is 5.11 Å². The van der Waals surface area contributed by atoms with Crippen molar-refractivity contribution in [1.82, 2.24) is 4.98 Å². The van der Waals surface area contributed by atoms with E-state index in [0.717, 1.165) is 17.6 Å². The van der Waals surface area contributed by atoms with Crippen LogP contribution in [0.25, 0.3) is 0 Å². The molecule has 7 nitrogen and oxygen atoms in total. The first-order valence-corrected chi connectivity index (χ1v) is 8.80. The normalized spacial score (nSPS) is 11.1. The minimum Gasteiger partial charge on any atom is -0.481 e. The van der Waals surface area contributed by atoms with Crippen molar-refractivity contribution >= 4 is 38.2 Å². The van der Waals surface area contributed by atoms with Gasteiger partial charge in [0.15, 0.2) is 20.0 Å². The van der Waals surface area contributed by atoms with Gasteiger partial charge in [-0.15, -0.1) is 11.3 Å². The van der Waals surface area contributed by atoms with E-state index < -0.39 is 21.7 Å². The van der Waals surface area contributed by atoms with Gasteiger partial charge in [0.25, 0.3) is 5.91 Å². The highest BCUT2D eigenvalue weighted by Gasteiger charge is 2.14. The van der Waals surface area contributed by atoms with Crippen molar-refractivity contribution in [3.8, 4) is 0 Å². The largest absolute Gasteiger partial charge is 0.481 e. The van der Waals surface area contributed by atoms with E-state index in [-0.39, 0.29) is 16.6 Å². The molecule has 0 bridgehead atoms. The lowest BCUT2D eigenvalue weighted by Crippen LogP contribution is -2.12. The van der Waals surface area contributed by atoms with E-state index in [0.29, 0.717) is 11.1 Å². The van der Waals surface area contributed by atoms with Crippen LogP contribution < -0.4 is 5.32 Å². The van der Waals surface area contributed by atoms with E-state index in [1.165, 1.54) is 17.5 Å². The predicted octanol–water partition coefficient (Wildman–Crippen LogP) is 1.43. The molecule has 0 aliphatic carbocycles. The number of benzene rings is 1. The van der Waals surface area contributed by atoms with Crippen LogP contribution in [0.3, 0.4) is 0 Å². The first kappa shape index (κ1) is 16.1. The molecule has 0 radical (unpaired) electrons. The third-order valence-corrected chi connectivity index (χ3v) is 4.53. The summed E-state index contributed by atoms with van der Waals surface area (Å²) in [6.45, 7) is 0. The molecule has 0 saturated carbocycles. The summed E-state index contributed by atoms with van der Waals surface area (Å²) in [6, 6.07) is 6.09. The first-order valence-electron chi connectivity index (χ1n) is 6.03. The second kappa shape index (κ2) is 6.24. The zero-order chi connectivity index (χ0) is 16.3. The molecule has 1 heterocycles. The van der Waals surface area contributed by atoms with E-state index in [9.17, 15) is 18.0 Å². The molecule has 22 heavy (non-hydrogen) atoms. The van der Waals surface area contributed by atoms with E-state index >= 15 is 0 Å². The Labute approximate surface area is 130 Å². The minimum absolute atomic E-state index is 0.0930. The molecule has 0 spiro atoms. The highest BCUT2D eigenvalue weighted by molar-refractivity contribution is 7.90. The zero-order valence-electron chi connectivity index (χ0n) is 11.4. The van der Waals surface area contributed by atoms with Gasteiger partial charge in [0.1, 0.15) is 0 Å². The number of nitrogens with zero attached hydrogens (tertiary/aromatic N) is 1. The lowest BCUT2D eigenvalue weighted by atomic mass is 10.1. The van der Waals surface area contributed by atoms with Crippen LogP contribution in [0.5, 0.6) is 0 Å². The average molecular weight is 340 g/mol. The molecule has 0 saturated heterocycles. The van der Waals surface area contributed by atoms with Crippen LogP contribution >= 0.6 is 11.3 Å². The summed E-state index contributed by atoms with van der Waals surface area (Å²) in [5.74, 6) is -1.40. The summed E-state index contributed by atoms with van der Waals surface area (Å²) in [4.78, 5) is 26.4. The van der Waals surface area contributed by atoms with Gasteiger partial charge in [-0.3, -0.25) is 14.9 Å². The number of thiazole rings is 1. The van der Waals surface area contributed by atoms with Crippen molar-refractivity contribution in [3.63, 3.8) is 0 Å². The molecule has 2 N–H and O–H groups in total. The van der Waals surface area contributed by atoms with Crippen LogP contribution in [0.15, 0.2) is 34.7 Å². The smallest absolute Gasteiger partial charge is 0.307 e. The Morgan fingerprint density at radius 1 is 1.27 bits per heavy atom. The molecule has 1 aromatic carbocycles. The maximum Gasteiger partial charge on any atom is 0.307 e. The standard InChI is InChI=1S/C13H12N2O5S2/c1-22(19,20)10-7-21-13(14-10)15-12(18)9-4-2-8(3-5-9)6-11(16)17/h2-5,7H,6H2,1H3,(H,16,17)(H,14,15,18). The van der Waals surface area contributed by atoms with Crippen molar-refractivity contribution in [3.05, 3.63) is 40.8 Å². The minimum atomic E-state index is -3.41. The molecule has 0 fully saturated rings. The molecule has 0 aliphatic heterocycles. The number of carbonyl (C=O) groups is 2. The van der Waals surface area contributed by atoms with Gasteiger partial charge in [-0.25, -0.2) is 13.4 Å². The number of nitrogens with one attached hydrogen (secondary N) is 1. The van der Waals surface area contributed by atoms with Crippen LogP contribution in [0, 0.1) is 0 Å². The second-order valence-electron chi connectivity index (χ2n) is 4.48. The summed E-state index contributed by atoms with van der Waals surface area (Å²) >= 11 is 1.01. The summed E-state index contributed by atoms with van der Waals surface area (Å²) < 4.78 is 22.6. The van der Waals surface area contributed by atoms with Crippen molar-refractivity contribution < 1.29 is 23.1 Å². The van der Waals surface area contributed by atoms with E-state index in [1.807, 2.05) is 0 Å². The van der Waals surface area contributed by atoms with Gasteiger partial charge in [-0.1, -0.05) is 12.1 Å². The fourth-order valence-corrected chi connectivity index (χ4v) is 3.33. The highest BCUT2D eigenvalue weighted by Crippen LogP contribution is 2.19. The average Bonchev–Trinajstić information content (AvgIpc) is 2.87. The Morgan fingerprint density at radius 3 is 2.41 bits per heavy atom. The number of hydrogen-bond donors (Lipinski definition) is 2. The Morgan fingerprint density at radius 2 is 1.91 bits per heavy atom. The third-order valence-electron chi connectivity index (χ3n) is 2.65. The van der Waals surface area contributed by atoms with E-state index in [1.54, 1.807) is 12.1 Å². The summed E-state index contributed by atoms with van der Waals surface area (Å²) in [7, 11) is -3.41. The second-order valence-corrected chi connectivity index (χ2v) is 7.31. The van der Waals surface area contributed by atoms with E-state index in [4.69, 9.17) is 5.11 Å². The molecular formula is C13H12N2O5S2.